The molecule has 0 aliphatic carbocycles. The monoisotopic (exact) mass is 384 g/mol. The number of piperidine rings is 1. The number of hydrogen-bond acceptors (Lipinski definition) is 4. The summed E-state index contributed by atoms with van der Waals surface area (Å²) in [6.45, 7) is 2.22. The first kappa shape index (κ1) is 19.2. The van der Waals surface area contributed by atoms with Crippen molar-refractivity contribution in [2.24, 2.45) is 0 Å². The Morgan fingerprint density at radius 1 is 0.963 bits per heavy atom. The van der Waals surface area contributed by atoms with Gasteiger partial charge in [0.1, 0.15) is 0 Å². The lowest BCUT2D eigenvalue weighted by atomic mass is 10.1. The van der Waals surface area contributed by atoms with Crippen LogP contribution in [-0.4, -0.2) is 33.5 Å². The summed E-state index contributed by atoms with van der Waals surface area (Å²) in [5.74, 6) is -0.124. The summed E-state index contributed by atoms with van der Waals surface area (Å²) >= 11 is 0. The topological polar surface area (TPSA) is 66.5 Å². The number of ketones is 1. The number of benzene rings is 2. The summed E-state index contributed by atoms with van der Waals surface area (Å²) in [7, 11) is -3.32. The lowest BCUT2D eigenvalue weighted by Gasteiger charge is -2.28. The first-order valence-corrected chi connectivity index (χ1v) is 11.0. The standard InChI is InChI=1S/C21H24N2O3S/c1-27(25,26)22-19-10-8-18(9-11-19)21(24)14-7-17-5-12-20(13-6-17)23-15-3-2-4-16-23/h5-14,22H,2-4,15-16H2,1H3/b14-7+. The fourth-order valence-electron chi connectivity index (χ4n) is 3.13. The Hall–Kier alpha value is -2.60. The molecule has 1 aliphatic heterocycles. The van der Waals surface area contributed by atoms with Crippen LogP contribution in [0.3, 0.4) is 0 Å². The summed E-state index contributed by atoms with van der Waals surface area (Å²) in [5.41, 5.74) is 3.15. The molecule has 0 aromatic heterocycles. The van der Waals surface area contributed by atoms with Crippen molar-refractivity contribution in [2.45, 2.75) is 19.3 Å². The van der Waals surface area contributed by atoms with E-state index >= 15 is 0 Å². The van der Waals surface area contributed by atoms with E-state index < -0.39 is 10.0 Å². The van der Waals surface area contributed by atoms with Gasteiger partial charge < -0.3 is 4.90 Å². The summed E-state index contributed by atoms with van der Waals surface area (Å²) in [5, 5.41) is 0. The molecular weight excluding hydrogens is 360 g/mol. The molecule has 1 saturated heterocycles. The van der Waals surface area contributed by atoms with Gasteiger partial charge in [-0.15, -0.1) is 0 Å². The van der Waals surface area contributed by atoms with Gasteiger partial charge >= 0.3 is 0 Å². The predicted molar refractivity (Wildman–Crippen MR) is 111 cm³/mol. The fourth-order valence-corrected chi connectivity index (χ4v) is 3.70. The fraction of sp³-hybridized carbons (Fsp3) is 0.286. The van der Waals surface area contributed by atoms with Gasteiger partial charge in [-0.2, -0.15) is 0 Å². The highest BCUT2D eigenvalue weighted by molar-refractivity contribution is 7.92. The van der Waals surface area contributed by atoms with E-state index in [1.807, 2.05) is 12.1 Å². The molecule has 0 bridgehead atoms. The number of rotatable bonds is 6. The van der Waals surface area contributed by atoms with E-state index in [9.17, 15) is 13.2 Å². The van der Waals surface area contributed by atoms with Crippen LogP contribution >= 0.6 is 0 Å². The summed E-state index contributed by atoms with van der Waals surface area (Å²) in [6.07, 6.45) is 8.22. The van der Waals surface area contributed by atoms with Crippen molar-refractivity contribution in [1.29, 1.82) is 0 Å². The predicted octanol–water partition coefficient (Wildman–Crippen LogP) is 3.94. The van der Waals surface area contributed by atoms with Gasteiger partial charge in [-0.1, -0.05) is 18.2 Å². The molecule has 0 unspecified atom stereocenters. The van der Waals surface area contributed by atoms with Gasteiger partial charge in [0.25, 0.3) is 0 Å². The van der Waals surface area contributed by atoms with E-state index in [0.29, 0.717) is 11.3 Å². The molecule has 0 amide bonds. The van der Waals surface area contributed by atoms with E-state index in [-0.39, 0.29) is 5.78 Å². The van der Waals surface area contributed by atoms with Gasteiger partial charge in [-0.3, -0.25) is 9.52 Å². The van der Waals surface area contributed by atoms with Gasteiger partial charge in [-0.05, 0) is 67.3 Å². The molecule has 1 aliphatic rings. The van der Waals surface area contributed by atoms with Gasteiger partial charge in [-0.25, -0.2) is 8.42 Å². The molecule has 0 atom stereocenters. The van der Waals surface area contributed by atoms with Gasteiger partial charge in [0.05, 0.1) is 6.26 Å². The Morgan fingerprint density at radius 3 is 2.19 bits per heavy atom. The van der Waals surface area contributed by atoms with Crippen LogP contribution in [0.25, 0.3) is 6.08 Å². The van der Waals surface area contributed by atoms with E-state index in [4.69, 9.17) is 0 Å². The Morgan fingerprint density at radius 2 is 1.59 bits per heavy atom. The van der Waals surface area contributed by atoms with Gasteiger partial charge in [0.2, 0.25) is 10.0 Å². The van der Waals surface area contributed by atoms with Crippen molar-refractivity contribution >= 4 is 33.3 Å². The molecule has 142 valence electrons. The second-order valence-electron chi connectivity index (χ2n) is 6.79. The highest BCUT2D eigenvalue weighted by Gasteiger charge is 2.10. The molecule has 1 N–H and O–H groups in total. The van der Waals surface area contributed by atoms with Crippen LogP contribution in [0.4, 0.5) is 11.4 Å². The maximum Gasteiger partial charge on any atom is 0.229 e. The largest absolute Gasteiger partial charge is 0.372 e. The van der Waals surface area contributed by atoms with E-state index in [1.54, 1.807) is 30.3 Å². The van der Waals surface area contributed by atoms with E-state index in [0.717, 1.165) is 24.9 Å². The molecule has 0 saturated carbocycles. The number of carbonyl (C=O) groups is 1. The van der Waals surface area contributed by atoms with Crippen molar-refractivity contribution < 1.29 is 13.2 Å². The van der Waals surface area contributed by atoms with Crippen LogP contribution in [0.2, 0.25) is 0 Å². The third-order valence-corrected chi connectivity index (χ3v) is 5.12. The molecule has 27 heavy (non-hydrogen) atoms. The molecule has 6 heteroatoms. The van der Waals surface area contributed by atoms with Crippen molar-refractivity contribution in [1.82, 2.24) is 0 Å². The number of allylic oxidation sites excluding steroid dienone is 1. The zero-order chi connectivity index (χ0) is 19.3. The number of hydrogen-bond donors (Lipinski definition) is 1. The second kappa shape index (κ2) is 8.39. The van der Waals surface area contributed by atoms with Crippen LogP contribution in [0.1, 0.15) is 35.2 Å². The number of nitrogens with one attached hydrogen (secondary N) is 1. The minimum Gasteiger partial charge on any atom is -0.372 e. The third-order valence-electron chi connectivity index (χ3n) is 4.51. The average molecular weight is 385 g/mol. The maximum absolute atomic E-state index is 12.3. The van der Waals surface area contributed by atoms with Crippen LogP contribution in [0.15, 0.2) is 54.6 Å². The molecule has 0 radical (unpaired) electrons. The zero-order valence-electron chi connectivity index (χ0n) is 15.4. The smallest absolute Gasteiger partial charge is 0.229 e. The van der Waals surface area contributed by atoms with Crippen LogP contribution < -0.4 is 9.62 Å². The van der Waals surface area contributed by atoms with Crippen molar-refractivity contribution in [3.63, 3.8) is 0 Å². The Labute approximate surface area is 160 Å². The molecule has 2 aromatic carbocycles. The first-order chi connectivity index (χ1) is 12.9. The Bertz CT molecular complexity index is 911. The van der Waals surface area contributed by atoms with Crippen LogP contribution in [0, 0.1) is 0 Å². The number of nitrogens with zero attached hydrogens (tertiary/aromatic N) is 1. The van der Waals surface area contributed by atoms with Crippen molar-refractivity contribution in [3.05, 3.63) is 65.7 Å². The SMILES string of the molecule is CS(=O)(=O)Nc1ccc(C(=O)/C=C/c2ccc(N3CCCCC3)cc2)cc1. The number of sulfonamides is 1. The molecule has 1 fully saturated rings. The Kier molecular flexibility index (Phi) is 5.96. The lowest BCUT2D eigenvalue weighted by Crippen LogP contribution is -2.29. The van der Waals surface area contributed by atoms with Gasteiger partial charge in [0.15, 0.2) is 5.78 Å². The lowest BCUT2D eigenvalue weighted by molar-refractivity contribution is 0.104. The minimum absolute atomic E-state index is 0.124. The van der Waals surface area contributed by atoms with E-state index in [1.165, 1.54) is 31.0 Å². The molecule has 1 heterocycles. The molecule has 2 aromatic rings. The molecule has 5 nitrogen and oxygen atoms in total. The van der Waals surface area contributed by atoms with E-state index in [2.05, 4.69) is 21.8 Å². The normalized spacial score (nSPS) is 15.1. The first-order valence-electron chi connectivity index (χ1n) is 9.06. The van der Waals surface area contributed by atoms with Crippen molar-refractivity contribution in [2.75, 3.05) is 29.0 Å². The average Bonchev–Trinajstić information content (AvgIpc) is 2.66. The van der Waals surface area contributed by atoms with Crippen molar-refractivity contribution in [3.8, 4) is 0 Å². The quantitative estimate of drug-likeness (QED) is 0.605. The van der Waals surface area contributed by atoms with Crippen LogP contribution in [-0.2, 0) is 10.0 Å². The number of anilines is 2. The second-order valence-corrected chi connectivity index (χ2v) is 8.54. The summed E-state index contributed by atoms with van der Waals surface area (Å²) in [4.78, 5) is 14.7. The Balaban J connectivity index is 1.62. The summed E-state index contributed by atoms with van der Waals surface area (Å²) < 4.78 is 24.8. The summed E-state index contributed by atoms with van der Waals surface area (Å²) in [6, 6.07) is 14.6. The number of carbonyl (C=O) groups excluding carboxylic acids is 1. The molecular formula is C21H24N2O3S. The highest BCUT2D eigenvalue weighted by atomic mass is 32.2. The molecule has 0 spiro atoms. The third kappa shape index (κ3) is 5.69. The van der Waals surface area contributed by atoms with Crippen LogP contribution in [0.5, 0.6) is 0 Å². The molecule has 3 rings (SSSR count). The maximum atomic E-state index is 12.3. The minimum atomic E-state index is -3.32. The van der Waals surface area contributed by atoms with Gasteiger partial charge in [0, 0.05) is 30.0 Å². The zero-order valence-corrected chi connectivity index (χ0v) is 16.2. The highest BCUT2D eigenvalue weighted by Crippen LogP contribution is 2.20.